The van der Waals surface area contributed by atoms with Crippen molar-refractivity contribution in [2.45, 2.75) is 25.6 Å². The normalized spacial score (nSPS) is 12.2. The molecular weight excluding hydrogens is 552 g/mol. The second kappa shape index (κ2) is 10.1. The number of nitrogens with zero attached hydrogens (tertiary/aromatic N) is 4. The number of hydrogen-bond donors (Lipinski definition) is 1. The van der Waals surface area contributed by atoms with Gasteiger partial charge in [0, 0.05) is 28.4 Å². The highest BCUT2D eigenvalue weighted by Crippen LogP contribution is 2.40. The van der Waals surface area contributed by atoms with Gasteiger partial charge in [0.05, 0.1) is 21.9 Å². The Balaban J connectivity index is 1.81. The van der Waals surface area contributed by atoms with Crippen LogP contribution in [0.5, 0.6) is 5.88 Å². The first-order valence-electron chi connectivity index (χ1n) is 11.7. The lowest BCUT2D eigenvalue weighted by Crippen LogP contribution is -2.28. The molecule has 2 aromatic carbocycles. The van der Waals surface area contributed by atoms with Gasteiger partial charge in [0.1, 0.15) is 18.0 Å². The third-order valence-corrected chi connectivity index (χ3v) is 6.33. The van der Waals surface area contributed by atoms with E-state index < -0.39 is 17.5 Å². The van der Waals surface area contributed by atoms with E-state index >= 15 is 0 Å². The monoisotopic (exact) mass is 572 g/mol. The molecule has 0 saturated carbocycles. The van der Waals surface area contributed by atoms with Crippen LogP contribution in [0.1, 0.15) is 19.5 Å². The van der Waals surface area contributed by atoms with Crippen molar-refractivity contribution >= 4 is 28.8 Å². The molecule has 0 radical (unpaired) electrons. The molecule has 5 aromatic rings. The minimum absolute atomic E-state index is 0.0807. The third kappa shape index (κ3) is 5.71. The van der Waals surface area contributed by atoms with Crippen molar-refractivity contribution < 1.29 is 23.0 Å². The molecule has 11 heteroatoms. The summed E-state index contributed by atoms with van der Waals surface area (Å²) in [5.41, 5.74) is 1.36. The maximum Gasteiger partial charge on any atom is 0.433 e. The van der Waals surface area contributed by atoms with Gasteiger partial charge in [-0.3, -0.25) is 4.98 Å². The minimum Gasteiger partial charge on any atom is -0.475 e. The largest absolute Gasteiger partial charge is 0.475 e. The van der Waals surface area contributed by atoms with Crippen LogP contribution in [0.2, 0.25) is 10.0 Å². The Labute approximate surface area is 231 Å². The van der Waals surface area contributed by atoms with Crippen LogP contribution in [-0.4, -0.2) is 36.9 Å². The van der Waals surface area contributed by atoms with Gasteiger partial charge < -0.3 is 9.84 Å². The summed E-state index contributed by atoms with van der Waals surface area (Å²) in [6.45, 7) is 3.09. The third-order valence-electron chi connectivity index (χ3n) is 5.75. The predicted molar refractivity (Wildman–Crippen MR) is 144 cm³/mol. The Kier molecular flexibility index (Phi) is 7.00. The summed E-state index contributed by atoms with van der Waals surface area (Å²) in [6.07, 6.45) is -3.46. The molecule has 3 heterocycles. The predicted octanol–water partition coefficient (Wildman–Crippen LogP) is 7.60. The molecule has 0 fully saturated rings. The number of fused-ring (bicyclic) bond motifs is 1. The zero-order chi connectivity index (χ0) is 27.9. The van der Waals surface area contributed by atoms with Crippen molar-refractivity contribution in [1.82, 2.24) is 19.6 Å². The molecule has 0 saturated heterocycles. The molecule has 200 valence electrons. The maximum atomic E-state index is 13.2. The number of pyridine rings is 1. The van der Waals surface area contributed by atoms with Crippen LogP contribution in [0.25, 0.3) is 39.3 Å². The summed E-state index contributed by atoms with van der Waals surface area (Å²) < 4.78 is 46.9. The number of hydrogen-bond acceptors (Lipinski definition) is 5. The van der Waals surface area contributed by atoms with Crippen LogP contribution in [0.4, 0.5) is 13.2 Å². The molecule has 0 bridgehead atoms. The van der Waals surface area contributed by atoms with Crippen LogP contribution in [-0.2, 0) is 6.18 Å². The highest BCUT2D eigenvalue weighted by Gasteiger charge is 2.32. The Morgan fingerprint density at radius 1 is 0.949 bits per heavy atom. The molecule has 0 atom stereocenters. The van der Waals surface area contributed by atoms with Gasteiger partial charge in [-0.2, -0.15) is 23.3 Å². The molecule has 0 amide bonds. The molecule has 6 nitrogen and oxygen atoms in total. The highest BCUT2D eigenvalue weighted by atomic mass is 35.5. The second-order valence-electron chi connectivity index (χ2n) is 9.46. The lowest BCUT2D eigenvalue weighted by atomic mass is 10.0. The standard InChI is InChI=1S/C28H21Cl2F3N4O2/c1-27(2,38)15-39-23-13-21(17-9-12-22(34-14-17)28(31,32)33)37-26(35-23)24(16-7-10-18(29)11-8-16)25(36-37)19-5-3-4-6-20(19)30/h3-14,38H,15H2,1-2H3. The van der Waals surface area contributed by atoms with Gasteiger partial charge in [0.25, 0.3) is 0 Å². The summed E-state index contributed by atoms with van der Waals surface area (Å²) >= 11 is 12.7. The van der Waals surface area contributed by atoms with Crippen LogP contribution in [0.3, 0.4) is 0 Å². The number of alkyl halides is 3. The van der Waals surface area contributed by atoms with Crippen molar-refractivity contribution in [1.29, 1.82) is 0 Å². The zero-order valence-electron chi connectivity index (χ0n) is 20.7. The van der Waals surface area contributed by atoms with E-state index in [0.717, 1.165) is 17.8 Å². The Morgan fingerprint density at radius 3 is 2.26 bits per heavy atom. The first kappa shape index (κ1) is 26.9. The lowest BCUT2D eigenvalue weighted by Gasteiger charge is -2.18. The summed E-state index contributed by atoms with van der Waals surface area (Å²) in [4.78, 5) is 8.30. The number of rotatable bonds is 6. The maximum absolute atomic E-state index is 13.2. The van der Waals surface area contributed by atoms with Crippen LogP contribution >= 0.6 is 23.2 Å². The Hall–Kier alpha value is -3.66. The molecule has 0 unspecified atom stereocenters. The van der Waals surface area contributed by atoms with E-state index in [9.17, 15) is 18.3 Å². The number of aromatic nitrogens is 4. The lowest BCUT2D eigenvalue weighted by molar-refractivity contribution is -0.141. The quantitative estimate of drug-likeness (QED) is 0.227. The number of aliphatic hydroxyl groups is 1. The Morgan fingerprint density at radius 2 is 1.64 bits per heavy atom. The van der Waals surface area contributed by atoms with E-state index in [2.05, 4.69) is 9.97 Å². The van der Waals surface area contributed by atoms with Gasteiger partial charge >= 0.3 is 6.18 Å². The van der Waals surface area contributed by atoms with Crippen molar-refractivity contribution in [3.63, 3.8) is 0 Å². The molecule has 1 N–H and O–H groups in total. The van der Waals surface area contributed by atoms with Crippen molar-refractivity contribution in [3.8, 4) is 39.5 Å². The molecule has 3 aromatic heterocycles. The summed E-state index contributed by atoms with van der Waals surface area (Å²) in [7, 11) is 0. The average Bonchev–Trinajstić information content (AvgIpc) is 3.26. The van der Waals surface area contributed by atoms with E-state index in [1.165, 1.54) is 16.6 Å². The van der Waals surface area contributed by atoms with Gasteiger partial charge in [-0.15, -0.1) is 0 Å². The fourth-order valence-corrected chi connectivity index (χ4v) is 4.31. The summed E-state index contributed by atoms with van der Waals surface area (Å²) in [5.74, 6) is 0.139. The smallest absolute Gasteiger partial charge is 0.433 e. The molecule has 5 rings (SSSR count). The van der Waals surface area contributed by atoms with Gasteiger partial charge in [-0.1, -0.05) is 53.5 Å². The van der Waals surface area contributed by atoms with Gasteiger partial charge in [-0.05, 0) is 49.7 Å². The first-order chi connectivity index (χ1) is 18.4. The van der Waals surface area contributed by atoms with Gasteiger partial charge in [0.2, 0.25) is 5.88 Å². The molecule has 39 heavy (non-hydrogen) atoms. The van der Waals surface area contributed by atoms with Gasteiger partial charge in [0.15, 0.2) is 5.65 Å². The molecular formula is C28H21Cl2F3N4O2. The van der Waals surface area contributed by atoms with E-state index in [0.29, 0.717) is 43.8 Å². The number of benzene rings is 2. The Bertz CT molecular complexity index is 1650. The SMILES string of the molecule is CC(C)(O)COc1cc(-c2ccc(C(F)(F)F)nc2)n2nc(-c3ccccc3Cl)c(-c3ccc(Cl)cc3)c2n1. The van der Waals surface area contributed by atoms with Crippen molar-refractivity contribution in [2.24, 2.45) is 0 Å². The van der Waals surface area contributed by atoms with Crippen molar-refractivity contribution in [2.75, 3.05) is 6.61 Å². The number of ether oxygens (including phenoxy) is 1. The van der Waals surface area contributed by atoms with E-state index in [1.807, 2.05) is 24.3 Å². The second-order valence-corrected chi connectivity index (χ2v) is 10.3. The topological polar surface area (TPSA) is 72.5 Å². The minimum atomic E-state index is -4.59. The van der Waals surface area contributed by atoms with E-state index in [-0.39, 0.29) is 12.5 Å². The molecule has 0 spiro atoms. The average molecular weight is 573 g/mol. The fourth-order valence-electron chi connectivity index (χ4n) is 3.96. The highest BCUT2D eigenvalue weighted by molar-refractivity contribution is 6.33. The van der Waals surface area contributed by atoms with Crippen molar-refractivity contribution in [3.05, 3.63) is 88.7 Å². The van der Waals surface area contributed by atoms with Crippen LogP contribution < -0.4 is 4.74 Å². The summed E-state index contributed by atoms with van der Waals surface area (Å²) in [5, 5.41) is 16.0. The van der Waals surface area contributed by atoms with Crippen LogP contribution in [0.15, 0.2) is 72.9 Å². The number of halogens is 5. The van der Waals surface area contributed by atoms with E-state index in [1.54, 1.807) is 38.1 Å². The van der Waals surface area contributed by atoms with Gasteiger partial charge in [-0.25, -0.2) is 4.52 Å². The van der Waals surface area contributed by atoms with Crippen LogP contribution in [0, 0.1) is 0 Å². The fraction of sp³-hybridized carbons (Fsp3) is 0.179. The molecule has 0 aliphatic rings. The molecule has 0 aliphatic carbocycles. The molecule has 0 aliphatic heterocycles. The summed E-state index contributed by atoms with van der Waals surface area (Å²) in [6, 6.07) is 18.0. The zero-order valence-corrected chi connectivity index (χ0v) is 22.2. The first-order valence-corrected chi connectivity index (χ1v) is 12.5. The van der Waals surface area contributed by atoms with E-state index in [4.69, 9.17) is 33.0 Å².